The van der Waals surface area contributed by atoms with Crippen LogP contribution in [0.3, 0.4) is 0 Å². The largest absolute Gasteiger partial charge is 0.465 e. The number of halogens is 1. The molecule has 0 amide bonds. The van der Waals surface area contributed by atoms with E-state index in [4.69, 9.17) is 18.9 Å². The molecule has 0 saturated heterocycles. The van der Waals surface area contributed by atoms with E-state index in [2.05, 4.69) is 36.7 Å². The number of hydrogen-bond donors (Lipinski definition) is 0. The Morgan fingerprint density at radius 1 is 0.333 bits per heavy atom. The Morgan fingerprint density at radius 3 is 0.800 bits per heavy atom. The zero-order valence-electron chi connectivity index (χ0n) is 41.1. The highest BCUT2D eigenvalue weighted by Gasteiger charge is 2.34. The molecule has 6 heteroatoms. The van der Waals surface area contributed by atoms with Gasteiger partial charge in [0.05, 0.1) is 25.2 Å². The van der Waals surface area contributed by atoms with Gasteiger partial charge in [0.15, 0.2) is 0 Å². The maximum Gasteiger partial charge on any atom is 0.305 e. The normalized spacial score (nSPS) is 11.9. The summed E-state index contributed by atoms with van der Waals surface area (Å²) in [6.45, 7) is 10.9. The first kappa shape index (κ1) is 59.8. The average molecular weight is 916 g/mol. The van der Waals surface area contributed by atoms with Crippen molar-refractivity contribution >= 4 is 21.9 Å². The van der Waals surface area contributed by atoms with Crippen molar-refractivity contribution in [1.82, 2.24) is 0 Å². The van der Waals surface area contributed by atoms with Crippen LogP contribution in [0.2, 0.25) is 0 Å². The molecule has 5 nitrogen and oxygen atoms in total. The molecule has 0 aromatic carbocycles. The van der Waals surface area contributed by atoms with Crippen LogP contribution in [0, 0.1) is 5.41 Å². The number of rotatable bonds is 53. The van der Waals surface area contributed by atoms with Crippen molar-refractivity contribution in [3.05, 3.63) is 0 Å². The van der Waals surface area contributed by atoms with E-state index in [1.165, 1.54) is 231 Å². The molecule has 0 aromatic heterocycles. The zero-order chi connectivity index (χ0) is 43.6. The fourth-order valence-electron chi connectivity index (χ4n) is 8.30. The summed E-state index contributed by atoms with van der Waals surface area (Å²) in [7, 11) is 0. The molecule has 0 aromatic rings. The molecule has 0 heterocycles. The third-order valence-corrected chi connectivity index (χ3v) is 13.0. The second-order valence-corrected chi connectivity index (χ2v) is 19.6. The lowest BCUT2D eigenvalue weighted by Crippen LogP contribution is -2.42. The highest BCUT2D eigenvalue weighted by molar-refractivity contribution is 9.09. The van der Waals surface area contributed by atoms with E-state index in [-0.39, 0.29) is 5.97 Å². The maximum absolute atomic E-state index is 12.7. The van der Waals surface area contributed by atoms with E-state index in [9.17, 15) is 4.79 Å². The molecule has 0 saturated carbocycles. The van der Waals surface area contributed by atoms with E-state index in [0.717, 1.165) is 50.8 Å². The van der Waals surface area contributed by atoms with E-state index in [1.807, 2.05) is 0 Å². The van der Waals surface area contributed by atoms with Crippen LogP contribution in [0.4, 0.5) is 0 Å². The van der Waals surface area contributed by atoms with Crippen LogP contribution in [0.5, 0.6) is 0 Å². The first-order chi connectivity index (χ1) is 29.6. The summed E-state index contributed by atoms with van der Waals surface area (Å²) in [5.74, 6) is -0.136. The molecular weight excluding hydrogens is 808 g/mol. The minimum Gasteiger partial charge on any atom is -0.465 e. The van der Waals surface area contributed by atoms with Crippen molar-refractivity contribution in [2.45, 2.75) is 284 Å². The molecule has 0 aliphatic rings. The summed E-state index contributed by atoms with van der Waals surface area (Å²) >= 11 is 3.46. The van der Waals surface area contributed by atoms with Gasteiger partial charge in [-0.15, -0.1) is 0 Å². The lowest BCUT2D eigenvalue weighted by Gasteiger charge is -2.33. The molecule has 0 rings (SSSR count). The lowest BCUT2D eigenvalue weighted by atomic mass is 9.92. The van der Waals surface area contributed by atoms with Crippen LogP contribution in [0.15, 0.2) is 0 Å². The Hall–Kier alpha value is -0.170. The lowest BCUT2D eigenvalue weighted by molar-refractivity contribution is -0.156. The Bertz CT molecular complexity index is 725. The van der Waals surface area contributed by atoms with Crippen LogP contribution < -0.4 is 0 Å². The molecule has 60 heavy (non-hydrogen) atoms. The molecule has 0 aliphatic heterocycles. The summed E-state index contributed by atoms with van der Waals surface area (Å²) in [6, 6.07) is 0. The van der Waals surface area contributed by atoms with Crippen LogP contribution in [-0.2, 0) is 23.7 Å². The summed E-state index contributed by atoms with van der Waals surface area (Å²) in [5.41, 5.74) is -0.478. The Balaban J connectivity index is 4.76. The SMILES string of the molecule is CCCCCCCCCCCCCCCOCC(COCCCCCCCCCCCCCCC)(COCCCCCCCCCCCCCCC)COC(=O)CCCBr. The molecule has 0 N–H and O–H groups in total. The summed E-state index contributed by atoms with van der Waals surface area (Å²) in [6.07, 6.45) is 53.7. The van der Waals surface area contributed by atoms with Crippen molar-refractivity contribution in [3.8, 4) is 0 Å². The molecule has 0 aliphatic carbocycles. The van der Waals surface area contributed by atoms with Crippen LogP contribution in [0.25, 0.3) is 0 Å². The summed E-state index contributed by atoms with van der Waals surface area (Å²) in [4.78, 5) is 12.7. The van der Waals surface area contributed by atoms with Gasteiger partial charge in [-0.1, -0.05) is 268 Å². The van der Waals surface area contributed by atoms with Gasteiger partial charge >= 0.3 is 5.97 Å². The molecule has 0 fully saturated rings. The molecule has 0 bridgehead atoms. The van der Waals surface area contributed by atoms with Crippen LogP contribution in [0.1, 0.15) is 284 Å². The van der Waals surface area contributed by atoms with E-state index in [1.54, 1.807) is 0 Å². The second kappa shape index (κ2) is 51.5. The van der Waals surface area contributed by atoms with Crippen molar-refractivity contribution < 1.29 is 23.7 Å². The molecule has 360 valence electrons. The Labute approximate surface area is 385 Å². The monoisotopic (exact) mass is 915 g/mol. The first-order valence-corrected chi connectivity index (χ1v) is 28.2. The smallest absolute Gasteiger partial charge is 0.305 e. The number of carbonyl (C=O) groups excluding carboxylic acids is 1. The number of hydrogen-bond acceptors (Lipinski definition) is 5. The summed E-state index contributed by atoms with van der Waals surface area (Å²) in [5, 5.41) is 0.806. The maximum atomic E-state index is 12.7. The molecule has 0 spiro atoms. The average Bonchev–Trinajstić information content (AvgIpc) is 3.26. The molecular formula is C54H107BrO5. The molecule has 0 atom stereocenters. The number of unbranched alkanes of at least 4 members (excludes halogenated alkanes) is 36. The Kier molecular flexibility index (Phi) is 51.3. The minimum absolute atomic E-state index is 0.136. The molecule has 0 unspecified atom stereocenters. The van der Waals surface area contributed by atoms with Gasteiger partial charge in [-0.3, -0.25) is 4.79 Å². The first-order valence-electron chi connectivity index (χ1n) is 27.1. The van der Waals surface area contributed by atoms with Gasteiger partial charge in [-0.05, 0) is 25.7 Å². The fraction of sp³-hybridized carbons (Fsp3) is 0.981. The van der Waals surface area contributed by atoms with Gasteiger partial charge in [0.25, 0.3) is 0 Å². The predicted octanol–water partition coefficient (Wildman–Crippen LogP) is 18.0. The van der Waals surface area contributed by atoms with Gasteiger partial charge in [0, 0.05) is 31.6 Å². The van der Waals surface area contributed by atoms with Gasteiger partial charge in [0.1, 0.15) is 6.61 Å². The van der Waals surface area contributed by atoms with Crippen molar-refractivity contribution in [2.24, 2.45) is 5.41 Å². The Morgan fingerprint density at radius 2 is 0.567 bits per heavy atom. The minimum atomic E-state index is -0.478. The second-order valence-electron chi connectivity index (χ2n) is 18.8. The highest BCUT2D eigenvalue weighted by atomic mass is 79.9. The summed E-state index contributed by atoms with van der Waals surface area (Å²) < 4.78 is 25.1. The van der Waals surface area contributed by atoms with E-state index < -0.39 is 5.41 Å². The number of esters is 1. The molecule has 0 radical (unpaired) electrons. The van der Waals surface area contributed by atoms with Crippen LogP contribution >= 0.6 is 15.9 Å². The third kappa shape index (κ3) is 45.8. The predicted molar refractivity (Wildman–Crippen MR) is 266 cm³/mol. The quantitative estimate of drug-likeness (QED) is 0.0346. The third-order valence-electron chi connectivity index (χ3n) is 12.5. The van der Waals surface area contributed by atoms with E-state index in [0.29, 0.717) is 32.8 Å². The highest BCUT2D eigenvalue weighted by Crippen LogP contribution is 2.23. The van der Waals surface area contributed by atoms with Crippen LogP contribution in [-0.4, -0.2) is 57.5 Å². The fourth-order valence-corrected chi connectivity index (χ4v) is 8.58. The van der Waals surface area contributed by atoms with Crippen molar-refractivity contribution in [3.63, 3.8) is 0 Å². The van der Waals surface area contributed by atoms with E-state index >= 15 is 0 Å². The number of alkyl halides is 1. The van der Waals surface area contributed by atoms with Gasteiger partial charge in [0.2, 0.25) is 0 Å². The number of ether oxygens (including phenoxy) is 4. The van der Waals surface area contributed by atoms with Gasteiger partial charge < -0.3 is 18.9 Å². The van der Waals surface area contributed by atoms with Gasteiger partial charge in [-0.2, -0.15) is 0 Å². The topological polar surface area (TPSA) is 54.0 Å². The van der Waals surface area contributed by atoms with Crippen molar-refractivity contribution in [2.75, 3.05) is 51.6 Å². The standard InChI is InChI=1S/C54H107BrO5/c1-4-7-10-13-16-19-22-25-28-31-34-37-40-46-57-49-54(52-60-53(56)44-43-45-55,50-58-47-41-38-35-32-29-26-23-20-17-14-11-8-5-2)51-59-48-42-39-36-33-30-27-24-21-18-15-12-9-6-3/h4-52H2,1-3H3. The zero-order valence-corrected chi connectivity index (χ0v) is 42.7. The van der Waals surface area contributed by atoms with Gasteiger partial charge in [-0.25, -0.2) is 0 Å². The van der Waals surface area contributed by atoms with Crippen molar-refractivity contribution in [1.29, 1.82) is 0 Å². The number of carbonyl (C=O) groups is 1.